The van der Waals surface area contributed by atoms with Crippen LogP contribution in [0.5, 0.6) is 0 Å². The highest BCUT2D eigenvalue weighted by Gasteiger charge is 2.14. The Kier molecular flexibility index (Phi) is 5.24. The minimum atomic E-state index is 0.985. The van der Waals surface area contributed by atoms with E-state index in [4.69, 9.17) is 4.98 Å². The maximum absolute atomic E-state index is 4.86. The Morgan fingerprint density at radius 1 is 1.08 bits per heavy atom. The number of anilines is 2. The van der Waals surface area contributed by atoms with Gasteiger partial charge < -0.3 is 5.32 Å². The molecule has 2 heterocycles. The molecule has 0 bridgehead atoms. The molecule has 3 aromatic rings. The zero-order valence-corrected chi connectivity index (χ0v) is 16.2. The number of nitrogens with zero attached hydrogens (tertiary/aromatic N) is 2. The molecular formula is C20H24BrN3. The first-order chi connectivity index (χ1) is 11.6. The van der Waals surface area contributed by atoms with Crippen LogP contribution in [-0.4, -0.2) is 9.38 Å². The minimum absolute atomic E-state index is 0.985. The zero-order valence-electron chi connectivity index (χ0n) is 14.6. The predicted molar refractivity (Wildman–Crippen MR) is 105 cm³/mol. The van der Waals surface area contributed by atoms with Crippen LogP contribution < -0.4 is 5.32 Å². The van der Waals surface area contributed by atoms with Gasteiger partial charge in [-0.2, -0.15) is 0 Å². The van der Waals surface area contributed by atoms with E-state index >= 15 is 0 Å². The first kappa shape index (κ1) is 17.0. The van der Waals surface area contributed by atoms with Gasteiger partial charge in [-0.05, 0) is 65.9 Å². The fraction of sp³-hybridized carbons (Fsp3) is 0.350. The molecule has 4 heteroatoms. The average molecular weight is 386 g/mol. The first-order valence-electron chi connectivity index (χ1n) is 8.60. The Morgan fingerprint density at radius 3 is 2.54 bits per heavy atom. The number of aryl methyl sites for hydroxylation is 3. The summed E-state index contributed by atoms with van der Waals surface area (Å²) in [5.74, 6) is 1.08. The van der Waals surface area contributed by atoms with Crippen molar-refractivity contribution in [2.75, 3.05) is 5.32 Å². The summed E-state index contributed by atoms with van der Waals surface area (Å²) < 4.78 is 3.20. The van der Waals surface area contributed by atoms with Crippen molar-refractivity contribution in [3.05, 3.63) is 57.8 Å². The Balaban J connectivity index is 2.06. The molecule has 0 atom stereocenters. The number of hydrogen-bond acceptors (Lipinski definition) is 2. The number of halogens is 1. The maximum atomic E-state index is 4.86. The van der Waals surface area contributed by atoms with Gasteiger partial charge in [-0.15, -0.1) is 0 Å². The van der Waals surface area contributed by atoms with Crippen LogP contribution in [-0.2, 0) is 6.42 Å². The molecule has 3 rings (SSSR count). The highest BCUT2D eigenvalue weighted by molar-refractivity contribution is 9.10. The second kappa shape index (κ2) is 7.39. The largest absolute Gasteiger partial charge is 0.339 e. The van der Waals surface area contributed by atoms with Gasteiger partial charge in [-0.3, -0.25) is 4.40 Å². The Bertz CT molecular complexity index is 831. The van der Waals surface area contributed by atoms with E-state index in [2.05, 4.69) is 76.9 Å². The van der Waals surface area contributed by atoms with E-state index in [1.807, 2.05) is 6.07 Å². The zero-order chi connectivity index (χ0) is 17.1. The molecule has 0 radical (unpaired) electrons. The van der Waals surface area contributed by atoms with Gasteiger partial charge in [-0.1, -0.05) is 38.0 Å². The number of imidazole rings is 1. The Hall–Kier alpha value is -1.81. The van der Waals surface area contributed by atoms with Crippen molar-refractivity contribution >= 4 is 33.1 Å². The Labute approximate surface area is 152 Å². The fourth-order valence-electron chi connectivity index (χ4n) is 3.05. The van der Waals surface area contributed by atoms with E-state index in [1.165, 1.54) is 36.1 Å². The van der Waals surface area contributed by atoms with Crippen LogP contribution in [0.1, 0.15) is 43.0 Å². The van der Waals surface area contributed by atoms with Gasteiger partial charge in [0.15, 0.2) is 0 Å². The molecule has 0 saturated carbocycles. The van der Waals surface area contributed by atoms with Crippen molar-refractivity contribution in [3.63, 3.8) is 0 Å². The van der Waals surface area contributed by atoms with E-state index in [0.29, 0.717) is 0 Å². The highest BCUT2D eigenvalue weighted by atomic mass is 79.9. The lowest BCUT2D eigenvalue weighted by atomic mass is 10.1. The van der Waals surface area contributed by atoms with E-state index < -0.39 is 0 Å². The molecule has 0 aliphatic heterocycles. The predicted octanol–water partition coefficient (Wildman–Crippen LogP) is 6.19. The van der Waals surface area contributed by atoms with Crippen molar-refractivity contribution in [1.29, 1.82) is 0 Å². The van der Waals surface area contributed by atoms with Crippen LogP contribution in [0, 0.1) is 13.8 Å². The summed E-state index contributed by atoms with van der Waals surface area (Å²) in [6.45, 7) is 6.52. The molecule has 0 spiro atoms. The van der Waals surface area contributed by atoms with Crippen molar-refractivity contribution in [3.8, 4) is 0 Å². The summed E-state index contributed by atoms with van der Waals surface area (Å²) >= 11 is 3.58. The topological polar surface area (TPSA) is 29.3 Å². The lowest BCUT2D eigenvalue weighted by Crippen LogP contribution is -2.02. The standard InChI is InChI=1S/C20H24BrN3/c1-4-5-6-10-17-20(23-19-14(2)8-7-9-15(19)3)24-13-16(21)11-12-18(24)22-17/h7-9,11-13,23H,4-6,10H2,1-3H3. The SMILES string of the molecule is CCCCCc1nc2ccc(Br)cn2c1Nc1c(C)cccc1C. The molecule has 0 aliphatic rings. The quantitative estimate of drug-likeness (QED) is 0.512. The summed E-state index contributed by atoms with van der Waals surface area (Å²) in [6, 6.07) is 10.5. The van der Waals surface area contributed by atoms with E-state index in [1.54, 1.807) is 0 Å². The van der Waals surface area contributed by atoms with Crippen LogP contribution in [0.15, 0.2) is 41.0 Å². The van der Waals surface area contributed by atoms with Crippen LogP contribution in [0.4, 0.5) is 11.5 Å². The molecule has 0 aliphatic carbocycles. The second-order valence-corrected chi connectivity index (χ2v) is 7.25. The van der Waals surface area contributed by atoms with Gasteiger partial charge in [0.25, 0.3) is 0 Å². The molecule has 2 aromatic heterocycles. The number of hydrogen-bond donors (Lipinski definition) is 1. The van der Waals surface area contributed by atoms with Crippen LogP contribution in [0.25, 0.3) is 5.65 Å². The number of fused-ring (bicyclic) bond motifs is 1. The molecule has 0 amide bonds. The summed E-state index contributed by atoms with van der Waals surface area (Å²) in [5, 5.41) is 3.67. The monoisotopic (exact) mass is 385 g/mol. The molecule has 0 unspecified atom stereocenters. The minimum Gasteiger partial charge on any atom is -0.339 e. The molecule has 0 saturated heterocycles. The lowest BCUT2D eigenvalue weighted by molar-refractivity contribution is 0.710. The van der Waals surface area contributed by atoms with Crippen molar-refractivity contribution in [2.45, 2.75) is 46.5 Å². The molecule has 126 valence electrons. The Morgan fingerprint density at radius 2 is 1.83 bits per heavy atom. The number of aromatic nitrogens is 2. The van der Waals surface area contributed by atoms with Gasteiger partial charge in [0, 0.05) is 16.4 Å². The normalized spacial score (nSPS) is 11.2. The summed E-state index contributed by atoms with van der Waals surface area (Å²) in [7, 11) is 0. The number of benzene rings is 1. The molecule has 24 heavy (non-hydrogen) atoms. The smallest absolute Gasteiger partial charge is 0.138 e. The van der Waals surface area contributed by atoms with Gasteiger partial charge in [0.2, 0.25) is 0 Å². The molecular weight excluding hydrogens is 362 g/mol. The van der Waals surface area contributed by atoms with Gasteiger partial charge in [0.1, 0.15) is 11.5 Å². The number of nitrogens with one attached hydrogen (secondary N) is 1. The number of para-hydroxylation sites is 1. The van der Waals surface area contributed by atoms with Crippen LogP contribution in [0.2, 0.25) is 0 Å². The average Bonchev–Trinajstić information content (AvgIpc) is 2.88. The van der Waals surface area contributed by atoms with Gasteiger partial charge >= 0.3 is 0 Å². The van der Waals surface area contributed by atoms with Crippen LogP contribution >= 0.6 is 15.9 Å². The number of unbranched alkanes of at least 4 members (excludes halogenated alkanes) is 2. The van der Waals surface area contributed by atoms with Gasteiger partial charge in [-0.25, -0.2) is 4.98 Å². The van der Waals surface area contributed by atoms with E-state index in [9.17, 15) is 0 Å². The fourth-order valence-corrected chi connectivity index (χ4v) is 3.38. The number of pyridine rings is 1. The second-order valence-electron chi connectivity index (χ2n) is 6.33. The summed E-state index contributed by atoms with van der Waals surface area (Å²) in [4.78, 5) is 4.86. The molecule has 0 fully saturated rings. The number of rotatable bonds is 6. The van der Waals surface area contributed by atoms with Gasteiger partial charge in [0.05, 0.1) is 5.69 Å². The third-order valence-corrected chi connectivity index (χ3v) is 4.87. The van der Waals surface area contributed by atoms with Crippen LogP contribution in [0.3, 0.4) is 0 Å². The maximum Gasteiger partial charge on any atom is 0.138 e. The third kappa shape index (κ3) is 3.48. The molecule has 1 aromatic carbocycles. The summed E-state index contributed by atoms with van der Waals surface area (Å²) in [6.07, 6.45) is 6.71. The molecule has 1 N–H and O–H groups in total. The lowest BCUT2D eigenvalue weighted by Gasteiger charge is -2.14. The van der Waals surface area contributed by atoms with Crippen molar-refractivity contribution < 1.29 is 0 Å². The van der Waals surface area contributed by atoms with Crippen molar-refractivity contribution in [2.24, 2.45) is 0 Å². The summed E-state index contributed by atoms with van der Waals surface area (Å²) in [5.41, 5.74) is 5.80. The highest BCUT2D eigenvalue weighted by Crippen LogP contribution is 2.29. The van der Waals surface area contributed by atoms with E-state index in [-0.39, 0.29) is 0 Å². The first-order valence-corrected chi connectivity index (χ1v) is 9.39. The third-order valence-electron chi connectivity index (χ3n) is 4.40. The van der Waals surface area contributed by atoms with E-state index in [0.717, 1.165) is 28.1 Å². The molecule has 3 nitrogen and oxygen atoms in total. The van der Waals surface area contributed by atoms with Crippen molar-refractivity contribution in [1.82, 2.24) is 9.38 Å².